The van der Waals surface area contributed by atoms with Gasteiger partial charge in [0.05, 0.1) is 34.3 Å². The van der Waals surface area contributed by atoms with Gasteiger partial charge in [-0.05, 0) is 124 Å². The van der Waals surface area contributed by atoms with Crippen LogP contribution in [0.5, 0.6) is 0 Å². The van der Waals surface area contributed by atoms with Crippen LogP contribution in [0.15, 0.2) is 158 Å². The van der Waals surface area contributed by atoms with Crippen molar-refractivity contribution in [3.8, 4) is 51.2 Å². The molecule has 8 aromatic rings. The zero-order valence-corrected chi connectivity index (χ0v) is 27.8. The molecule has 7 aromatic carbocycles. The fourth-order valence-electron chi connectivity index (χ4n) is 7.22. The summed E-state index contributed by atoms with van der Waals surface area (Å²) in [6.07, 6.45) is 1.72. The fourth-order valence-corrected chi connectivity index (χ4v) is 7.22. The Morgan fingerprint density at radius 1 is 0.480 bits per heavy atom. The fraction of sp³-hybridized carbons (Fsp3) is 0.0638. The molecule has 8 rings (SSSR count). The maximum absolute atomic E-state index is 9.70. The number of aryl methyl sites for hydroxylation is 3. The Morgan fingerprint density at radius 3 is 1.80 bits per heavy atom. The van der Waals surface area contributed by atoms with Crippen LogP contribution in [0.3, 0.4) is 0 Å². The monoisotopic (exact) mass is 639 g/mol. The first-order valence-electron chi connectivity index (χ1n) is 16.9. The van der Waals surface area contributed by atoms with Crippen molar-refractivity contribution in [2.24, 2.45) is 0 Å². The number of aromatic nitrogens is 1. The third-order valence-electron chi connectivity index (χ3n) is 9.70. The second-order valence-corrected chi connectivity index (χ2v) is 12.8. The average Bonchev–Trinajstić information content (AvgIpc) is 3.52. The maximum Gasteiger partial charge on any atom is 0.0991 e. The van der Waals surface area contributed by atoms with Crippen LogP contribution in [-0.4, -0.2) is 4.57 Å². The van der Waals surface area contributed by atoms with Gasteiger partial charge in [0.25, 0.3) is 0 Å². The van der Waals surface area contributed by atoms with E-state index in [0.29, 0.717) is 11.1 Å². The van der Waals surface area contributed by atoms with E-state index in [4.69, 9.17) is 0 Å². The topological polar surface area (TPSA) is 52.5 Å². The van der Waals surface area contributed by atoms with Crippen molar-refractivity contribution in [1.29, 1.82) is 10.5 Å². The van der Waals surface area contributed by atoms with Crippen LogP contribution in [0.25, 0.3) is 60.9 Å². The maximum atomic E-state index is 9.70. The van der Waals surface area contributed by atoms with E-state index >= 15 is 0 Å². The summed E-state index contributed by atoms with van der Waals surface area (Å²) in [7, 11) is 0. The van der Waals surface area contributed by atoms with Crippen LogP contribution < -0.4 is 0 Å². The van der Waals surface area contributed by atoms with Gasteiger partial charge in [0.15, 0.2) is 0 Å². The molecule has 3 heteroatoms. The summed E-state index contributed by atoms with van der Waals surface area (Å²) in [5, 5.41) is 21.8. The van der Waals surface area contributed by atoms with E-state index in [9.17, 15) is 10.5 Å². The lowest BCUT2D eigenvalue weighted by Gasteiger charge is -2.15. The van der Waals surface area contributed by atoms with Crippen molar-refractivity contribution in [1.82, 2.24) is 4.57 Å². The van der Waals surface area contributed by atoms with Gasteiger partial charge in [-0.25, -0.2) is 0 Å². The third-order valence-corrected chi connectivity index (χ3v) is 9.70. The van der Waals surface area contributed by atoms with E-state index < -0.39 is 0 Å². The molecule has 0 unspecified atom stereocenters. The van der Waals surface area contributed by atoms with Crippen LogP contribution in [0.2, 0.25) is 0 Å². The number of hydrogen-bond donors (Lipinski definition) is 0. The third kappa shape index (κ3) is 5.73. The van der Waals surface area contributed by atoms with Crippen molar-refractivity contribution in [3.63, 3.8) is 0 Å². The molecule has 236 valence electrons. The summed E-state index contributed by atoms with van der Waals surface area (Å²) in [5.74, 6) is 0. The molecule has 0 bridgehead atoms. The SMILES string of the molecule is Cc1ccccc1-c1cc(C#N)ccc1CCc1cccc(-c2cc(-c3cccc(C#N)c3)cc(-n3c4ccccc4c4ccccc43)c2)c1. The molecule has 0 fully saturated rings. The Labute approximate surface area is 292 Å². The first kappa shape index (κ1) is 30.6. The largest absolute Gasteiger partial charge is 0.309 e. The lowest BCUT2D eigenvalue weighted by atomic mass is 9.91. The highest BCUT2D eigenvalue weighted by atomic mass is 15.0. The quantitative estimate of drug-likeness (QED) is 0.174. The molecule has 0 aliphatic heterocycles. The number of rotatable bonds is 7. The van der Waals surface area contributed by atoms with E-state index in [1.54, 1.807) is 0 Å². The van der Waals surface area contributed by atoms with Crippen molar-refractivity contribution in [3.05, 3.63) is 186 Å². The molecule has 0 aliphatic rings. The average molecular weight is 640 g/mol. The van der Waals surface area contributed by atoms with E-state index in [0.717, 1.165) is 57.4 Å². The summed E-state index contributed by atoms with van der Waals surface area (Å²) in [5.41, 5.74) is 15.0. The summed E-state index contributed by atoms with van der Waals surface area (Å²) in [4.78, 5) is 0. The van der Waals surface area contributed by atoms with Gasteiger partial charge in [-0.1, -0.05) is 103 Å². The minimum absolute atomic E-state index is 0.640. The Bertz CT molecular complexity index is 2590. The Balaban J connectivity index is 1.22. The number of benzene rings is 7. The normalized spacial score (nSPS) is 11.0. The number of nitrogens with zero attached hydrogens (tertiary/aromatic N) is 3. The van der Waals surface area contributed by atoms with Gasteiger partial charge in [-0.15, -0.1) is 0 Å². The molecule has 3 nitrogen and oxygen atoms in total. The summed E-state index contributed by atoms with van der Waals surface area (Å²) in [6.45, 7) is 2.12. The first-order valence-corrected chi connectivity index (χ1v) is 16.9. The lowest BCUT2D eigenvalue weighted by Crippen LogP contribution is -1.98. The van der Waals surface area contributed by atoms with Crippen LogP contribution in [-0.2, 0) is 12.8 Å². The van der Waals surface area contributed by atoms with Gasteiger partial charge in [0.2, 0.25) is 0 Å². The Hall–Kier alpha value is -6.68. The van der Waals surface area contributed by atoms with E-state index in [2.05, 4.69) is 151 Å². The first-order chi connectivity index (χ1) is 24.6. The van der Waals surface area contributed by atoms with Crippen LogP contribution in [0.4, 0.5) is 0 Å². The second-order valence-electron chi connectivity index (χ2n) is 12.8. The van der Waals surface area contributed by atoms with Crippen LogP contribution in [0.1, 0.15) is 27.8 Å². The predicted molar refractivity (Wildman–Crippen MR) is 205 cm³/mol. The van der Waals surface area contributed by atoms with Gasteiger partial charge in [-0.3, -0.25) is 0 Å². The molecule has 0 N–H and O–H groups in total. The van der Waals surface area contributed by atoms with Gasteiger partial charge in [0.1, 0.15) is 0 Å². The Morgan fingerprint density at radius 2 is 1.10 bits per heavy atom. The van der Waals surface area contributed by atoms with Crippen molar-refractivity contribution >= 4 is 21.8 Å². The summed E-state index contributed by atoms with van der Waals surface area (Å²) in [6, 6.07) is 59.7. The molecule has 0 saturated heterocycles. The zero-order valence-electron chi connectivity index (χ0n) is 27.8. The van der Waals surface area contributed by atoms with Crippen molar-refractivity contribution in [2.75, 3.05) is 0 Å². The summed E-state index contributed by atoms with van der Waals surface area (Å²) < 4.78 is 2.35. The zero-order chi connectivity index (χ0) is 34.0. The molecule has 1 aromatic heterocycles. The van der Waals surface area contributed by atoms with Gasteiger partial charge in [0, 0.05) is 16.5 Å². The molecule has 1 heterocycles. The number of hydrogen-bond acceptors (Lipinski definition) is 2. The minimum Gasteiger partial charge on any atom is -0.309 e. The number of nitriles is 2. The van der Waals surface area contributed by atoms with Gasteiger partial charge in [-0.2, -0.15) is 10.5 Å². The van der Waals surface area contributed by atoms with Crippen molar-refractivity contribution < 1.29 is 0 Å². The van der Waals surface area contributed by atoms with Crippen molar-refractivity contribution in [2.45, 2.75) is 19.8 Å². The van der Waals surface area contributed by atoms with Gasteiger partial charge < -0.3 is 4.57 Å². The molecule has 0 atom stereocenters. The molecule has 0 amide bonds. The minimum atomic E-state index is 0.640. The van der Waals surface area contributed by atoms with Crippen LogP contribution in [0, 0.1) is 29.6 Å². The summed E-state index contributed by atoms with van der Waals surface area (Å²) >= 11 is 0. The number of para-hydroxylation sites is 2. The second kappa shape index (κ2) is 13.1. The smallest absolute Gasteiger partial charge is 0.0991 e. The highest BCUT2D eigenvalue weighted by Gasteiger charge is 2.15. The lowest BCUT2D eigenvalue weighted by molar-refractivity contribution is 0.962. The molecular formula is C47H33N3. The standard InChI is InChI=1S/C47H33N3/c1-32-10-2-3-15-42(32)45-26-35(31-49)21-23-36(45)22-20-33-11-8-13-37(24-33)39-27-40(38-14-9-12-34(25-38)30-48)29-41(28-39)50-46-18-6-4-16-43(46)44-17-5-7-19-47(44)50/h2-19,21,23-29H,20,22H2,1H3. The predicted octanol–water partition coefficient (Wildman–Crippen LogP) is 11.6. The molecule has 0 spiro atoms. The molecule has 0 radical (unpaired) electrons. The number of fused-ring (bicyclic) bond motifs is 3. The van der Waals surface area contributed by atoms with E-state index in [1.165, 1.54) is 33.0 Å². The van der Waals surface area contributed by atoms with E-state index in [-0.39, 0.29) is 0 Å². The van der Waals surface area contributed by atoms with E-state index in [1.807, 2.05) is 30.3 Å². The van der Waals surface area contributed by atoms with Gasteiger partial charge >= 0.3 is 0 Å². The molecule has 0 aliphatic carbocycles. The molecule has 50 heavy (non-hydrogen) atoms. The highest BCUT2D eigenvalue weighted by Crippen LogP contribution is 2.37. The highest BCUT2D eigenvalue weighted by molar-refractivity contribution is 6.09. The Kier molecular flexibility index (Phi) is 8.02. The molecule has 0 saturated carbocycles. The molecular weight excluding hydrogens is 607 g/mol. The van der Waals surface area contributed by atoms with Crippen LogP contribution >= 0.6 is 0 Å².